The Kier molecular flexibility index (Phi) is 4.83. The molecule has 0 aliphatic carbocycles. The van der Waals surface area contributed by atoms with Crippen molar-refractivity contribution in [1.82, 2.24) is 0 Å². The van der Waals surface area contributed by atoms with Crippen LogP contribution < -0.4 is 0 Å². The topological polar surface area (TPSA) is 43.5 Å². The zero-order valence-corrected chi connectivity index (χ0v) is 13.6. The van der Waals surface area contributed by atoms with Crippen LogP contribution in [0.1, 0.15) is 37.8 Å². The van der Waals surface area contributed by atoms with E-state index in [1.807, 2.05) is 0 Å². The fourth-order valence-corrected chi connectivity index (χ4v) is 2.42. The summed E-state index contributed by atoms with van der Waals surface area (Å²) in [6.07, 6.45) is 2.04. The van der Waals surface area contributed by atoms with Gasteiger partial charge in [0.15, 0.2) is 0 Å². The van der Waals surface area contributed by atoms with Gasteiger partial charge in [-0.2, -0.15) is 0 Å². The number of rotatable bonds is 10. The van der Waals surface area contributed by atoms with E-state index < -0.39 is 0 Å². The standard InChI is InChI=1S/C18H26O4/c1-3-17(13-21-17)11-19-9-15-5-7-16(8-6-15)10-20-12-18(4-2)14-22-18/h5-8H,3-4,9-14H2,1-2H3. The third-order valence-corrected chi connectivity index (χ3v) is 4.68. The third-order valence-electron chi connectivity index (χ3n) is 4.68. The maximum Gasteiger partial charge on any atom is 0.115 e. The van der Waals surface area contributed by atoms with Crippen LogP contribution in [-0.2, 0) is 32.2 Å². The zero-order chi connectivity index (χ0) is 15.5. The average Bonchev–Trinajstić information content (AvgIpc) is 3.46. The van der Waals surface area contributed by atoms with Crippen LogP contribution in [-0.4, -0.2) is 37.6 Å². The monoisotopic (exact) mass is 306 g/mol. The first-order valence-electron chi connectivity index (χ1n) is 8.20. The van der Waals surface area contributed by atoms with Gasteiger partial charge < -0.3 is 18.9 Å². The molecule has 0 aromatic heterocycles. The lowest BCUT2D eigenvalue weighted by molar-refractivity contribution is 0.0648. The molecule has 2 aliphatic heterocycles. The number of epoxide rings is 2. The molecule has 2 aliphatic rings. The highest BCUT2D eigenvalue weighted by Gasteiger charge is 2.43. The minimum atomic E-state index is 0.00783. The Bertz CT molecular complexity index is 429. The van der Waals surface area contributed by atoms with Crippen molar-refractivity contribution < 1.29 is 18.9 Å². The molecule has 3 rings (SSSR count). The Labute approximate surface area is 132 Å². The summed E-state index contributed by atoms with van der Waals surface area (Å²) in [5, 5.41) is 0. The van der Waals surface area contributed by atoms with E-state index in [4.69, 9.17) is 18.9 Å². The molecule has 1 aromatic carbocycles. The summed E-state index contributed by atoms with van der Waals surface area (Å²) in [5.41, 5.74) is 2.39. The molecule has 0 amide bonds. The molecule has 0 spiro atoms. The lowest BCUT2D eigenvalue weighted by atomic mass is 10.1. The van der Waals surface area contributed by atoms with Crippen LogP contribution in [0.5, 0.6) is 0 Å². The van der Waals surface area contributed by atoms with Crippen molar-refractivity contribution in [2.45, 2.75) is 51.1 Å². The maximum absolute atomic E-state index is 5.75. The molecule has 2 unspecified atom stereocenters. The average molecular weight is 306 g/mol. The van der Waals surface area contributed by atoms with Crippen molar-refractivity contribution in [3.05, 3.63) is 35.4 Å². The normalized spacial score (nSPS) is 29.5. The van der Waals surface area contributed by atoms with Crippen LogP contribution in [0, 0.1) is 0 Å². The minimum Gasteiger partial charge on any atom is -0.374 e. The number of ether oxygens (including phenoxy) is 4. The van der Waals surface area contributed by atoms with E-state index >= 15 is 0 Å². The van der Waals surface area contributed by atoms with Crippen molar-refractivity contribution in [1.29, 1.82) is 0 Å². The molecule has 0 bridgehead atoms. The fraction of sp³-hybridized carbons (Fsp3) is 0.667. The lowest BCUT2D eigenvalue weighted by Crippen LogP contribution is -2.18. The smallest absolute Gasteiger partial charge is 0.115 e. The van der Waals surface area contributed by atoms with Crippen molar-refractivity contribution in [2.75, 3.05) is 26.4 Å². The second-order valence-corrected chi connectivity index (χ2v) is 6.45. The number of benzene rings is 1. The first-order valence-corrected chi connectivity index (χ1v) is 8.20. The van der Waals surface area contributed by atoms with Crippen molar-refractivity contribution in [3.8, 4) is 0 Å². The van der Waals surface area contributed by atoms with Gasteiger partial charge >= 0.3 is 0 Å². The molecular weight excluding hydrogens is 280 g/mol. The molecule has 2 saturated heterocycles. The Hall–Kier alpha value is -0.940. The molecule has 2 atom stereocenters. The Morgan fingerprint density at radius 3 is 1.45 bits per heavy atom. The summed E-state index contributed by atoms with van der Waals surface area (Å²) < 4.78 is 22.4. The predicted octanol–water partition coefficient (Wildman–Crippen LogP) is 3.08. The lowest BCUT2D eigenvalue weighted by Gasteiger charge is -2.11. The highest BCUT2D eigenvalue weighted by Crippen LogP contribution is 2.31. The van der Waals surface area contributed by atoms with Gasteiger partial charge in [0.2, 0.25) is 0 Å². The number of hydrogen-bond acceptors (Lipinski definition) is 4. The molecule has 2 heterocycles. The maximum atomic E-state index is 5.75. The van der Waals surface area contributed by atoms with Gasteiger partial charge in [-0.05, 0) is 24.0 Å². The van der Waals surface area contributed by atoms with E-state index in [0.29, 0.717) is 26.4 Å². The minimum absolute atomic E-state index is 0.00783. The fourth-order valence-electron chi connectivity index (χ4n) is 2.42. The number of hydrogen-bond donors (Lipinski definition) is 0. The first-order chi connectivity index (χ1) is 10.7. The third kappa shape index (κ3) is 4.07. The summed E-state index contributed by atoms with van der Waals surface area (Å²) in [6, 6.07) is 8.42. The first kappa shape index (κ1) is 15.9. The summed E-state index contributed by atoms with van der Waals surface area (Å²) >= 11 is 0. The van der Waals surface area contributed by atoms with Gasteiger partial charge in [0.25, 0.3) is 0 Å². The highest BCUT2D eigenvalue weighted by atomic mass is 16.6. The molecule has 22 heavy (non-hydrogen) atoms. The SMILES string of the molecule is CCC1(COCc2ccc(COCC3(CC)CO3)cc2)CO1. The van der Waals surface area contributed by atoms with Gasteiger partial charge in [0, 0.05) is 0 Å². The summed E-state index contributed by atoms with van der Waals surface area (Å²) in [7, 11) is 0. The predicted molar refractivity (Wildman–Crippen MR) is 83.7 cm³/mol. The largest absolute Gasteiger partial charge is 0.374 e. The molecule has 0 radical (unpaired) electrons. The molecule has 0 N–H and O–H groups in total. The molecule has 2 fully saturated rings. The van der Waals surface area contributed by atoms with Crippen molar-refractivity contribution >= 4 is 0 Å². The molecule has 4 heteroatoms. The Morgan fingerprint density at radius 2 is 1.18 bits per heavy atom. The van der Waals surface area contributed by atoms with Crippen LogP contribution in [0.25, 0.3) is 0 Å². The van der Waals surface area contributed by atoms with Crippen LogP contribution in [0.4, 0.5) is 0 Å². The van der Waals surface area contributed by atoms with Crippen molar-refractivity contribution in [2.24, 2.45) is 0 Å². The van der Waals surface area contributed by atoms with E-state index in [1.165, 1.54) is 11.1 Å². The molecule has 1 aromatic rings. The van der Waals surface area contributed by atoms with Gasteiger partial charge in [0.1, 0.15) is 11.2 Å². The molecular formula is C18H26O4. The second-order valence-electron chi connectivity index (χ2n) is 6.45. The van der Waals surface area contributed by atoms with E-state index in [2.05, 4.69) is 38.1 Å². The summed E-state index contributed by atoms with van der Waals surface area (Å²) in [4.78, 5) is 0. The van der Waals surface area contributed by atoms with Crippen LogP contribution in [0.2, 0.25) is 0 Å². The van der Waals surface area contributed by atoms with Gasteiger partial charge in [-0.3, -0.25) is 0 Å². The van der Waals surface area contributed by atoms with Gasteiger partial charge in [-0.15, -0.1) is 0 Å². The highest BCUT2D eigenvalue weighted by molar-refractivity contribution is 5.21. The van der Waals surface area contributed by atoms with Crippen LogP contribution >= 0.6 is 0 Å². The van der Waals surface area contributed by atoms with E-state index in [-0.39, 0.29) is 11.2 Å². The van der Waals surface area contributed by atoms with Gasteiger partial charge in [-0.25, -0.2) is 0 Å². The summed E-state index contributed by atoms with van der Waals surface area (Å²) in [6.45, 7) is 8.60. The molecule has 0 saturated carbocycles. The second kappa shape index (κ2) is 6.67. The molecule has 4 nitrogen and oxygen atoms in total. The van der Waals surface area contributed by atoms with E-state index in [9.17, 15) is 0 Å². The summed E-state index contributed by atoms with van der Waals surface area (Å²) in [5.74, 6) is 0. The quantitative estimate of drug-likeness (QED) is 0.623. The van der Waals surface area contributed by atoms with Crippen LogP contribution in [0.3, 0.4) is 0 Å². The zero-order valence-electron chi connectivity index (χ0n) is 13.6. The Balaban J connectivity index is 1.36. The van der Waals surface area contributed by atoms with Crippen LogP contribution in [0.15, 0.2) is 24.3 Å². The Morgan fingerprint density at radius 1 is 0.818 bits per heavy atom. The van der Waals surface area contributed by atoms with E-state index in [1.54, 1.807) is 0 Å². The van der Waals surface area contributed by atoms with Crippen molar-refractivity contribution in [3.63, 3.8) is 0 Å². The van der Waals surface area contributed by atoms with E-state index in [0.717, 1.165) is 26.1 Å². The van der Waals surface area contributed by atoms with Gasteiger partial charge in [0.05, 0.1) is 39.6 Å². The van der Waals surface area contributed by atoms with Gasteiger partial charge in [-0.1, -0.05) is 38.1 Å². The molecule has 122 valence electrons.